The highest BCUT2D eigenvalue weighted by Crippen LogP contribution is 2.33. The summed E-state index contributed by atoms with van der Waals surface area (Å²) in [5.74, 6) is 0.644. The van der Waals surface area contributed by atoms with E-state index in [-0.39, 0.29) is 0 Å². The lowest BCUT2D eigenvalue weighted by atomic mass is 9.82. The van der Waals surface area contributed by atoms with E-state index >= 15 is 0 Å². The van der Waals surface area contributed by atoms with Crippen LogP contribution < -0.4 is 11.1 Å². The number of nitrogens with one attached hydrogen (secondary N) is 1. The summed E-state index contributed by atoms with van der Waals surface area (Å²) in [6.07, 6.45) is 11.2. The van der Waals surface area contributed by atoms with E-state index in [9.17, 15) is 4.79 Å². The van der Waals surface area contributed by atoms with Crippen LogP contribution >= 0.6 is 0 Å². The lowest BCUT2D eigenvalue weighted by Gasteiger charge is -2.29. The van der Waals surface area contributed by atoms with Crippen LogP contribution in [0.15, 0.2) is 37.1 Å². The summed E-state index contributed by atoms with van der Waals surface area (Å²) in [5, 5.41) is 3.36. The molecule has 3 rings (SSSR count). The first-order valence-electron chi connectivity index (χ1n) is 7.50. The van der Waals surface area contributed by atoms with Crippen LogP contribution in [0.2, 0.25) is 0 Å². The largest absolute Gasteiger partial charge is 0.367 e. The van der Waals surface area contributed by atoms with Gasteiger partial charge in [0, 0.05) is 24.6 Å². The molecule has 1 saturated carbocycles. The standard InChI is InChI=1S/C16H19N5O/c17-15(22)14-2-1-7-20-16(14)21-13-5-3-11(4-6-13)12-8-18-10-19-9-12/h1-2,7-11,13H,3-6H2,(H2,17,22)(H,20,21). The highest BCUT2D eigenvalue weighted by molar-refractivity contribution is 5.97. The number of aromatic nitrogens is 3. The van der Waals surface area contributed by atoms with Crippen molar-refractivity contribution in [3.63, 3.8) is 0 Å². The summed E-state index contributed by atoms with van der Waals surface area (Å²) >= 11 is 0. The molecule has 2 aromatic heterocycles. The lowest BCUT2D eigenvalue weighted by Crippen LogP contribution is -2.27. The van der Waals surface area contributed by atoms with E-state index in [1.54, 1.807) is 24.7 Å². The Morgan fingerprint density at radius 1 is 1.18 bits per heavy atom. The fourth-order valence-corrected chi connectivity index (χ4v) is 3.01. The van der Waals surface area contributed by atoms with Gasteiger partial charge in [0.1, 0.15) is 12.1 Å². The first-order chi connectivity index (χ1) is 10.7. The minimum absolute atomic E-state index is 0.314. The van der Waals surface area contributed by atoms with Crippen LogP contribution in [0.5, 0.6) is 0 Å². The monoisotopic (exact) mass is 297 g/mol. The van der Waals surface area contributed by atoms with E-state index in [0.29, 0.717) is 23.3 Å². The Bertz CT molecular complexity index is 638. The van der Waals surface area contributed by atoms with Crippen molar-refractivity contribution in [2.24, 2.45) is 5.73 Å². The highest BCUT2D eigenvalue weighted by Gasteiger charge is 2.23. The number of primary amides is 1. The fraction of sp³-hybridized carbons (Fsp3) is 0.375. The molecule has 1 fully saturated rings. The predicted molar refractivity (Wildman–Crippen MR) is 83.4 cm³/mol. The maximum absolute atomic E-state index is 11.4. The van der Waals surface area contributed by atoms with Gasteiger partial charge in [0.2, 0.25) is 0 Å². The van der Waals surface area contributed by atoms with E-state index in [0.717, 1.165) is 25.7 Å². The number of nitrogens with zero attached hydrogens (tertiary/aromatic N) is 3. The summed E-state index contributed by atoms with van der Waals surface area (Å²) in [6.45, 7) is 0. The van der Waals surface area contributed by atoms with Gasteiger partial charge in [-0.1, -0.05) is 0 Å². The van der Waals surface area contributed by atoms with E-state index in [1.165, 1.54) is 5.56 Å². The quantitative estimate of drug-likeness (QED) is 0.901. The van der Waals surface area contributed by atoms with Gasteiger partial charge in [0.15, 0.2) is 0 Å². The topological polar surface area (TPSA) is 93.8 Å². The molecule has 0 aromatic carbocycles. The van der Waals surface area contributed by atoms with Crippen LogP contribution in [0.4, 0.5) is 5.82 Å². The van der Waals surface area contributed by atoms with Crippen molar-refractivity contribution in [2.45, 2.75) is 37.6 Å². The van der Waals surface area contributed by atoms with Gasteiger partial charge in [-0.3, -0.25) is 4.79 Å². The Hall–Kier alpha value is -2.50. The van der Waals surface area contributed by atoms with Gasteiger partial charge in [-0.25, -0.2) is 15.0 Å². The van der Waals surface area contributed by atoms with Gasteiger partial charge in [0.25, 0.3) is 5.91 Å². The van der Waals surface area contributed by atoms with Crippen LogP contribution in [0.25, 0.3) is 0 Å². The highest BCUT2D eigenvalue weighted by atomic mass is 16.1. The molecule has 0 aliphatic heterocycles. The maximum Gasteiger partial charge on any atom is 0.252 e. The number of rotatable bonds is 4. The third-order valence-electron chi connectivity index (χ3n) is 4.19. The molecule has 6 heteroatoms. The molecule has 0 bridgehead atoms. The molecule has 1 aliphatic rings. The number of hydrogen-bond donors (Lipinski definition) is 2. The molecular weight excluding hydrogens is 278 g/mol. The Kier molecular flexibility index (Phi) is 4.27. The van der Waals surface area contributed by atoms with E-state index in [4.69, 9.17) is 5.73 Å². The zero-order chi connectivity index (χ0) is 15.4. The van der Waals surface area contributed by atoms with Crippen molar-refractivity contribution >= 4 is 11.7 Å². The molecule has 2 heterocycles. The molecule has 6 nitrogen and oxygen atoms in total. The molecule has 22 heavy (non-hydrogen) atoms. The molecule has 114 valence electrons. The molecule has 0 atom stereocenters. The molecule has 1 aliphatic carbocycles. The molecule has 2 aromatic rings. The van der Waals surface area contributed by atoms with E-state index in [2.05, 4.69) is 20.3 Å². The number of nitrogens with two attached hydrogens (primary N) is 1. The molecular formula is C16H19N5O. The molecule has 0 unspecified atom stereocenters. The Morgan fingerprint density at radius 3 is 2.59 bits per heavy atom. The molecule has 0 spiro atoms. The van der Waals surface area contributed by atoms with Crippen molar-refractivity contribution in [3.05, 3.63) is 48.2 Å². The van der Waals surface area contributed by atoms with Crippen molar-refractivity contribution in [3.8, 4) is 0 Å². The summed E-state index contributed by atoms with van der Waals surface area (Å²) < 4.78 is 0. The summed E-state index contributed by atoms with van der Waals surface area (Å²) in [6, 6.07) is 3.73. The van der Waals surface area contributed by atoms with Crippen molar-refractivity contribution < 1.29 is 4.79 Å². The van der Waals surface area contributed by atoms with Gasteiger partial charge in [-0.2, -0.15) is 0 Å². The SMILES string of the molecule is NC(=O)c1cccnc1NC1CCC(c2cncnc2)CC1. The molecule has 1 amide bonds. The van der Waals surface area contributed by atoms with Crippen LogP contribution in [-0.2, 0) is 0 Å². The van der Waals surface area contributed by atoms with E-state index < -0.39 is 5.91 Å². The van der Waals surface area contributed by atoms with Gasteiger partial charge >= 0.3 is 0 Å². The normalized spacial score (nSPS) is 21.3. The zero-order valence-electron chi connectivity index (χ0n) is 12.3. The Labute approximate surface area is 129 Å². The fourth-order valence-electron chi connectivity index (χ4n) is 3.01. The minimum atomic E-state index is -0.453. The van der Waals surface area contributed by atoms with Crippen LogP contribution in [-0.4, -0.2) is 26.9 Å². The van der Waals surface area contributed by atoms with E-state index in [1.807, 2.05) is 12.4 Å². The molecule has 0 saturated heterocycles. The second-order valence-corrected chi connectivity index (χ2v) is 5.63. The van der Waals surface area contributed by atoms with Crippen molar-refractivity contribution in [2.75, 3.05) is 5.32 Å². The number of carbonyl (C=O) groups excluding carboxylic acids is 1. The average molecular weight is 297 g/mol. The van der Waals surface area contributed by atoms with Crippen molar-refractivity contribution in [1.29, 1.82) is 0 Å². The number of anilines is 1. The van der Waals surface area contributed by atoms with Crippen molar-refractivity contribution in [1.82, 2.24) is 15.0 Å². The average Bonchev–Trinajstić information content (AvgIpc) is 2.57. The molecule has 0 radical (unpaired) electrons. The maximum atomic E-state index is 11.4. The summed E-state index contributed by atoms with van der Waals surface area (Å²) in [4.78, 5) is 23.8. The second-order valence-electron chi connectivity index (χ2n) is 5.63. The number of pyridine rings is 1. The van der Waals surface area contributed by atoms with Crippen LogP contribution in [0.3, 0.4) is 0 Å². The zero-order valence-corrected chi connectivity index (χ0v) is 12.3. The van der Waals surface area contributed by atoms with Gasteiger partial charge in [-0.15, -0.1) is 0 Å². The summed E-state index contributed by atoms with van der Waals surface area (Å²) in [5.41, 5.74) is 7.04. The third kappa shape index (κ3) is 3.21. The van der Waals surface area contributed by atoms with Gasteiger partial charge in [-0.05, 0) is 49.3 Å². The minimum Gasteiger partial charge on any atom is -0.367 e. The number of carbonyl (C=O) groups is 1. The predicted octanol–water partition coefficient (Wildman–Crippen LogP) is 2.11. The Morgan fingerprint density at radius 2 is 1.91 bits per heavy atom. The number of hydrogen-bond acceptors (Lipinski definition) is 5. The number of amides is 1. The Balaban J connectivity index is 1.62. The first-order valence-corrected chi connectivity index (χ1v) is 7.50. The smallest absolute Gasteiger partial charge is 0.252 e. The summed E-state index contributed by atoms with van der Waals surface area (Å²) in [7, 11) is 0. The van der Waals surface area contributed by atoms with Gasteiger partial charge in [0.05, 0.1) is 5.56 Å². The molecule has 3 N–H and O–H groups in total. The van der Waals surface area contributed by atoms with Crippen LogP contribution in [0, 0.1) is 0 Å². The van der Waals surface area contributed by atoms with Crippen LogP contribution in [0.1, 0.15) is 47.5 Å². The lowest BCUT2D eigenvalue weighted by molar-refractivity contribution is 0.100. The third-order valence-corrected chi connectivity index (χ3v) is 4.19. The van der Waals surface area contributed by atoms with Gasteiger partial charge < -0.3 is 11.1 Å². The first kappa shape index (κ1) is 14.4. The second kappa shape index (κ2) is 6.51.